The number of ether oxygens (including phenoxy) is 1. The van der Waals surface area contributed by atoms with Crippen molar-refractivity contribution in [3.8, 4) is 11.3 Å². The Kier molecular flexibility index (Phi) is 4.71. The van der Waals surface area contributed by atoms with Crippen LogP contribution in [0.3, 0.4) is 0 Å². The van der Waals surface area contributed by atoms with Gasteiger partial charge < -0.3 is 9.26 Å². The van der Waals surface area contributed by atoms with Crippen molar-refractivity contribution < 1.29 is 9.26 Å². The first-order valence-corrected chi connectivity index (χ1v) is 9.19. The van der Waals surface area contributed by atoms with E-state index >= 15 is 0 Å². The van der Waals surface area contributed by atoms with Gasteiger partial charge in [0.05, 0.1) is 18.4 Å². The number of hydrogen-bond acceptors (Lipinski definition) is 6. The smallest absolute Gasteiger partial charge is 0.344 e. The lowest BCUT2D eigenvalue weighted by molar-refractivity contribution is 0.0941. The lowest BCUT2D eigenvalue weighted by atomic mass is 10.1. The second-order valence-electron chi connectivity index (χ2n) is 5.89. The molecule has 0 amide bonds. The van der Waals surface area contributed by atoms with E-state index in [4.69, 9.17) is 9.26 Å². The molecule has 1 atom stereocenters. The molecule has 130 valence electrons. The Morgan fingerprint density at radius 3 is 3.00 bits per heavy atom. The van der Waals surface area contributed by atoms with Crippen LogP contribution in [0.1, 0.15) is 18.6 Å². The maximum absolute atomic E-state index is 12.0. The van der Waals surface area contributed by atoms with E-state index in [-0.39, 0.29) is 11.8 Å². The lowest BCUT2D eigenvalue weighted by Gasteiger charge is -2.10. The Labute approximate surface area is 148 Å². The summed E-state index contributed by atoms with van der Waals surface area (Å²) in [4.78, 5) is 12.0. The maximum atomic E-state index is 12.0. The second kappa shape index (κ2) is 7.28. The summed E-state index contributed by atoms with van der Waals surface area (Å²) in [6.07, 6.45) is 2.11. The van der Waals surface area contributed by atoms with Gasteiger partial charge in [-0.1, -0.05) is 47.3 Å². The molecule has 4 rings (SSSR count). The van der Waals surface area contributed by atoms with Crippen molar-refractivity contribution >= 4 is 11.8 Å². The molecule has 0 aliphatic carbocycles. The van der Waals surface area contributed by atoms with Crippen LogP contribution in [0.2, 0.25) is 0 Å². The number of rotatable bonds is 6. The van der Waals surface area contributed by atoms with Crippen molar-refractivity contribution in [3.63, 3.8) is 0 Å². The average Bonchev–Trinajstić information content (AvgIpc) is 3.38. The van der Waals surface area contributed by atoms with Crippen molar-refractivity contribution in [3.05, 3.63) is 52.6 Å². The van der Waals surface area contributed by atoms with Crippen molar-refractivity contribution in [1.82, 2.24) is 19.9 Å². The van der Waals surface area contributed by atoms with Crippen molar-refractivity contribution in [2.75, 3.05) is 6.61 Å². The lowest BCUT2D eigenvalue weighted by Crippen LogP contribution is -2.24. The summed E-state index contributed by atoms with van der Waals surface area (Å²) in [5.74, 6) is 1.29. The van der Waals surface area contributed by atoms with Crippen LogP contribution >= 0.6 is 11.8 Å². The number of benzene rings is 1. The molecule has 8 heteroatoms. The largest absolute Gasteiger partial charge is 0.376 e. The highest BCUT2D eigenvalue weighted by Crippen LogP contribution is 2.25. The molecular formula is C17H18N4O3S. The SMILES string of the molecule is O=c1[nH]nc(SCc2cc(-c3ccccc3)no2)n1CC1CCCO1. The fourth-order valence-electron chi connectivity index (χ4n) is 2.83. The minimum absolute atomic E-state index is 0.0876. The molecular weight excluding hydrogens is 340 g/mol. The second-order valence-corrected chi connectivity index (χ2v) is 6.83. The monoisotopic (exact) mass is 358 g/mol. The zero-order chi connectivity index (χ0) is 17.1. The number of aromatic nitrogens is 4. The van der Waals surface area contributed by atoms with E-state index in [1.165, 1.54) is 11.8 Å². The molecule has 2 aromatic heterocycles. The summed E-state index contributed by atoms with van der Waals surface area (Å²) in [5, 5.41) is 11.4. The third kappa shape index (κ3) is 3.69. The minimum Gasteiger partial charge on any atom is -0.376 e. The van der Waals surface area contributed by atoms with Gasteiger partial charge in [0.25, 0.3) is 0 Å². The van der Waals surface area contributed by atoms with Crippen LogP contribution in [0.25, 0.3) is 11.3 Å². The van der Waals surface area contributed by atoms with Gasteiger partial charge in [0.2, 0.25) is 0 Å². The van der Waals surface area contributed by atoms with Crippen molar-refractivity contribution in [2.24, 2.45) is 0 Å². The molecule has 1 aliphatic heterocycles. The quantitative estimate of drug-likeness (QED) is 0.682. The van der Waals surface area contributed by atoms with Gasteiger partial charge in [-0.2, -0.15) is 0 Å². The van der Waals surface area contributed by atoms with Crippen LogP contribution in [-0.4, -0.2) is 32.6 Å². The van der Waals surface area contributed by atoms with E-state index < -0.39 is 0 Å². The predicted octanol–water partition coefficient (Wildman–Crippen LogP) is 2.70. The van der Waals surface area contributed by atoms with Gasteiger partial charge in [-0.3, -0.25) is 4.57 Å². The molecule has 1 unspecified atom stereocenters. The van der Waals surface area contributed by atoms with Crippen LogP contribution in [0, 0.1) is 0 Å². The molecule has 1 fully saturated rings. The van der Waals surface area contributed by atoms with Gasteiger partial charge in [0, 0.05) is 18.2 Å². The van der Waals surface area contributed by atoms with Crippen molar-refractivity contribution in [2.45, 2.75) is 36.4 Å². The minimum atomic E-state index is -0.208. The fraction of sp³-hybridized carbons (Fsp3) is 0.353. The van der Waals surface area contributed by atoms with Gasteiger partial charge in [-0.05, 0) is 12.8 Å². The zero-order valence-electron chi connectivity index (χ0n) is 13.6. The number of hydrogen-bond donors (Lipinski definition) is 1. The molecule has 3 heterocycles. The topological polar surface area (TPSA) is 85.9 Å². The van der Waals surface area contributed by atoms with Gasteiger partial charge in [-0.15, -0.1) is 5.10 Å². The normalized spacial score (nSPS) is 17.2. The molecule has 1 aromatic carbocycles. The Balaban J connectivity index is 1.43. The third-order valence-corrected chi connectivity index (χ3v) is 5.10. The molecule has 0 saturated carbocycles. The molecule has 7 nitrogen and oxygen atoms in total. The summed E-state index contributed by atoms with van der Waals surface area (Å²) in [7, 11) is 0. The fourth-order valence-corrected chi connectivity index (χ4v) is 3.66. The summed E-state index contributed by atoms with van der Waals surface area (Å²) in [6.45, 7) is 1.30. The standard InChI is InChI=1S/C17H18N4O3S/c22-16-18-19-17(21(16)10-13-7-4-8-23-13)25-11-14-9-15(20-24-14)12-5-2-1-3-6-12/h1-3,5-6,9,13H,4,7-8,10-11H2,(H,18,22). The molecule has 25 heavy (non-hydrogen) atoms. The molecule has 1 aliphatic rings. The Morgan fingerprint density at radius 2 is 2.20 bits per heavy atom. The van der Waals surface area contributed by atoms with Gasteiger partial charge >= 0.3 is 5.69 Å². The summed E-state index contributed by atoms with van der Waals surface area (Å²) >= 11 is 1.44. The molecule has 1 saturated heterocycles. The molecule has 0 radical (unpaired) electrons. The Morgan fingerprint density at radius 1 is 1.32 bits per heavy atom. The van der Waals surface area contributed by atoms with Gasteiger partial charge in [0.15, 0.2) is 5.16 Å². The number of H-pyrrole nitrogens is 1. The highest BCUT2D eigenvalue weighted by molar-refractivity contribution is 7.98. The number of aromatic amines is 1. The van der Waals surface area contributed by atoms with E-state index in [0.29, 0.717) is 17.5 Å². The average molecular weight is 358 g/mol. The summed E-state index contributed by atoms with van der Waals surface area (Å²) in [6, 6.07) is 11.8. The first kappa shape index (κ1) is 16.2. The summed E-state index contributed by atoms with van der Waals surface area (Å²) in [5.41, 5.74) is 1.60. The van der Waals surface area contributed by atoms with E-state index in [1.54, 1.807) is 4.57 Å². The zero-order valence-corrected chi connectivity index (χ0v) is 14.4. The van der Waals surface area contributed by atoms with Crippen LogP contribution in [0.15, 0.2) is 50.9 Å². The van der Waals surface area contributed by atoms with E-state index in [9.17, 15) is 4.79 Å². The third-order valence-electron chi connectivity index (χ3n) is 4.11. The predicted molar refractivity (Wildman–Crippen MR) is 93.3 cm³/mol. The van der Waals surface area contributed by atoms with Crippen LogP contribution < -0.4 is 5.69 Å². The molecule has 1 N–H and O–H groups in total. The van der Waals surface area contributed by atoms with E-state index in [2.05, 4.69) is 15.4 Å². The first-order chi connectivity index (χ1) is 12.3. The van der Waals surface area contributed by atoms with Crippen LogP contribution in [0.4, 0.5) is 0 Å². The van der Waals surface area contributed by atoms with Crippen molar-refractivity contribution in [1.29, 1.82) is 0 Å². The van der Waals surface area contributed by atoms with Crippen LogP contribution in [0.5, 0.6) is 0 Å². The van der Waals surface area contributed by atoms with E-state index in [0.717, 1.165) is 36.5 Å². The maximum Gasteiger partial charge on any atom is 0.344 e. The Bertz CT molecular complexity index is 881. The number of nitrogens with one attached hydrogen (secondary N) is 1. The number of nitrogens with zero attached hydrogens (tertiary/aromatic N) is 3. The van der Waals surface area contributed by atoms with E-state index in [1.807, 2.05) is 36.4 Å². The number of thioether (sulfide) groups is 1. The highest BCUT2D eigenvalue weighted by Gasteiger charge is 2.20. The van der Waals surface area contributed by atoms with Gasteiger partial charge in [0.1, 0.15) is 11.5 Å². The highest BCUT2D eigenvalue weighted by atomic mass is 32.2. The first-order valence-electron chi connectivity index (χ1n) is 8.20. The summed E-state index contributed by atoms with van der Waals surface area (Å²) < 4.78 is 12.6. The van der Waals surface area contributed by atoms with Gasteiger partial charge in [-0.25, -0.2) is 9.89 Å². The Hall–Kier alpha value is -2.32. The molecule has 0 bridgehead atoms. The molecule has 0 spiro atoms. The molecule has 3 aromatic rings. The van der Waals surface area contributed by atoms with Crippen LogP contribution in [-0.2, 0) is 17.0 Å².